The maximum absolute atomic E-state index is 13.0. The molecule has 0 unspecified atom stereocenters. The molecule has 3 rings (SSSR count). The van der Waals surface area contributed by atoms with Gasteiger partial charge in [-0.1, -0.05) is 0 Å². The third-order valence-corrected chi connectivity index (χ3v) is 4.78. The van der Waals surface area contributed by atoms with E-state index in [9.17, 15) is 18.4 Å². The molecular weight excluding hydrogens is 370 g/mol. The highest BCUT2D eigenvalue weighted by molar-refractivity contribution is 6.04. The topological polar surface area (TPSA) is 94.2 Å². The Kier molecular flexibility index (Phi) is 4.99. The van der Waals surface area contributed by atoms with E-state index in [0.717, 1.165) is 6.92 Å². The fourth-order valence-corrected chi connectivity index (χ4v) is 3.47. The van der Waals surface area contributed by atoms with Crippen molar-refractivity contribution < 1.29 is 18.4 Å². The number of carbonyl (C=O) groups is 2. The average molecular weight is 394 g/mol. The molecule has 0 aliphatic carbocycles. The van der Waals surface area contributed by atoms with Gasteiger partial charge in [0.25, 0.3) is 11.8 Å². The summed E-state index contributed by atoms with van der Waals surface area (Å²) in [4.78, 5) is 39.6. The van der Waals surface area contributed by atoms with E-state index in [1.165, 1.54) is 6.20 Å². The van der Waals surface area contributed by atoms with Gasteiger partial charge in [-0.25, -0.2) is 18.7 Å². The Morgan fingerprint density at radius 3 is 2.68 bits per heavy atom. The lowest BCUT2D eigenvalue weighted by Gasteiger charge is -2.47. The van der Waals surface area contributed by atoms with E-state index in [2.05, 4.69) is 20.3 Å². The van der Waals surface area contributed by atoms with Crippen LogP contribution in [0.15, 0.2) is 12.4 Å². The number of aromatic nitrogens is 3. The van der Waals surface area contributed by atoms with Crippen molar-refractivity contribution in [3.8, 4) is 0 Å². The van der Waals surface area contributed by atoms with Crippen LogP contribution in [0.1, 0.15) is 38.1 Å². The maximum Gasteiger partial charge on any atom is 0.262 e. The van der Waals surface area contributed by atoms with Gasteiger partial charge in [-0.05, 0) is 13.8 Å². The van der Waals surface area contributed by atoms with E-state index in [0.29, 0.717) is 36.6 Å². The lowest BCUT2D eigenvalue weighted by atomic mass is 9.99. The lowest BCUT2D eigenvalue weighted by Crippen LogP contribution is -2.60. The van der Waals surface area contributed by atoms with E-state index in [-0.39, 0.29) is 17.0 Å². The molecule has 3 heterocycles. The Bertz CT molecular complexity index is 905. The molecule has 152 valence electrons. The maximum atomic E-state index is 13.0. The standard InChI is InChI=1S/C18H24F2N6O2/c1-11(27)26-6-5-25(10-17(26,2)3)13-8-22-15-14(24-13)12(7-21-15)16(28)23-9-18(4,19)20/h7-8H,5-6,9-10H2,1-4H3,(H,21,22)(H,23,28). The zero-order chi connectivity index (χ0) is 20.7. The number of nitrogens with one attached hydrogen (secondary N) is 2. The molecule has 0 bridgehead atoms. The fourth-order valence-electron chi connectivity index (χ4n) is 3.47. The van der Waals surface area contributed by atoms with Gasteiger partial charge in [0.15, 0.2) is 5.65 Å². The molecule has 0 saturated carbocycles. The molecule has 1 fully saturated rings. The molecule has 2 aromatic rings. The summed E-state index contributed by atoms with van der Waals surface area (Å²) in [5.74, 6) is -3.05. The molecule has 0 atom stereocenters. The van der Waals surface area contributed by atoms with Gasteiger partial charge in [-0.2, -0.15) is 0 Å². The molecule has 8 nitrogen and oxygen atoms in total. The molecule has 0 aromatic carbocycles. The number of anilines is 1. The number of hydrogen-bond donors (Lipinski definition) is 2. The Balaban J connectivity index is 1.84. The molecule has 1 aliphatic rings. The van der Waals surface area contributed by atoms with Crippen molar-refractivity contribution in [2.45, 2.75) is 39.2 Å². The minimum atomic E-state index is -3.00. The highest BCUT2D eigenvalue weighted by Crippen LogP contribution is 2.26. The Labute approximate surface area is 161 Å². The van der Waals surface area contributed by atoms with E-state index in [1.807, 2.05) is 23.6 Å². The second kappa shape index (κ2) is 6.99. The van der Waals surface area contributed by atoms with E-state index >= 15 is 0 Å². The fraction of sp³-hybridized carbons (Fsp3) is 0.556. The van der Waals surface area contributed by atoms with Crippen LogP contribution < -0.4 is 10.2 Å². The predicted molar refractivity (Wildman–Crippen MR) is 101 cm³/mol. The molecule has 1 aliphatic heterocycles. The number of halogens is 2. The number of fused-ring (bicyclic) bond motifs is 1. The third-order valence-electron chi connectivity index (χ3n) is 4.78. The van der Waals surface area contributed by atoms with Crippen LogP contribution in [0.4, 0.5) is 14.6 Å². The second-order valence-electron chi connectivity index (χ2n) is 7.79. The summed E-state index contributed by atoms with van der Waals surface area (Å²) in [7, 11) is 0. The van der Waals surface area contributed by atoms with Crippen LogP contribution in [0, 0.1) is 0 Å². The highest BCUT2D eigenvalue weighted by atomic mass is 19.3. The first-order valence-electron chi connectivity index (χ1n) is 9.01. The molecule has 10 heteroatoms. The monoisotopic (exact) mass is 394 g/mol. The Hall–Kier alpha value is -2.78. The van der Waals surface area contributed by atoms with Crippen molar-refractivity contribution in [1.29, 1.82) is 0 Å². The number of nitrogens with zero attached hydrogens (tertiary/aromatic N) is 4. The number of aromatic amines is 1. The van der Waals surface area contributed by atoms with Crippen molar-refractivity contribution >= 4 is 28.8 Å². The number of amides is 2. The van der Waals surface area contributed by atoms with E-state index < -0.39 is 18.4 Å². The van der Waals surface area contributed by atoms with Crippen molar-refractivity contribution in [2.75, 3.05) is 31.1 Å². The summed E-state index contributed by atoms with van der Waals surface area (Å²) in [6, 6.07) is 0. The quantitative estimate of drug-likeness (QED) is 0.825. The number of alkyl halides is 2. The minimum absolute atomic E-state index is 0.0171. The number of H-pyrrole nitrogens is 1. The van der Waals surface area contributed by atoms with Crippen molar-refractivity contribution in [1.82, 2.24) is 25.2 Å². The van der Waals surface area contributed by atoms with Gasteiger partial charge >= 0.3 is 0 Å². The van der Waals surface area contributed by atoms with E-state index in [1.54, 1.807) is 13.1 Å². The van der Waals surface area contributed by atoms with Crippen LogP contribution in [0.25, 0.3) is 11.2 Å². The van der Waals surface area contributed by atoms with E-state index in [4.69, 9.17) is 0 Å². The number of hydrogen-bond acceptors (Lipinski definition) is 5. The molecular formula is C18H24F2N6O2. The SMILES string of the molecule is CC(=O)N1CCN(c2cnc3[nH]cc(C(=O)NCC(C)(F)F)c3n2)CC1(C)C. The summed E-state index contributed by atoms with van der Waals surface area (Å²) >= 11 is 0. The average Bonchev–Trinajstić information content (AvgIpc) is 3.00. The van der Waals surface area contributed by atoms with Gasteiger partial charge in [0.2, 0.25) is 5.91 Å². The summed E-state index contributed by atoms with van der Waals surface area (Å²) in [5.41, 5.74) is 0.501. The number of carbonyl (C=O) groups excluding carboxylic acids is 2. The first-order chi connectivity index (χ1) is 13.0. The van der Waals surface area contributed by atoms with Gasteiger partial charge in [-0.3, -0.25) is 9.59 Å². The highest BCUT2D eigenvalue weighted by Gasteiger charge is 2.36. The molecule has 0 spiro atoms. The van der Waals surface area contributed by atoms with Gasteiger partial charge in [0.05, 0.1) is 23.8 Å². The first kappa shape index (κ1) is 20.0. The molecule has 28 heavy (non-hydrogen) atoms. The van der Waals surface area contributed by atoms with Crippen LogP contribution in [-0.2, 0) is 4.79 Å². The smallest absolute Gasteiger partial charge is 0.262 e. The Morgan fingerprint density at radius 2 is 2.07 bits per heavy atom. The molecule has 1 saturated heterocycles. The summed E-state index contributed by atoms with van der Waals surface area (Å²) < 4.78 is 26.0. The van der Waals surface area contributed by atoms with Crippen LogP contribution in [0.3, 0.4) is 0 Å². The molecule has 2 N–H and O–H groups in total. The minimum Gasteiger partial charge on any atom is -0.351 e. The van der Waals surface area contributed by atoms with Crippen LogP contribution in [-0.4, -0.2) is 69.3 Å². The van der Waals surface area contributed by atoms with Crippen molar-refractivity contribution in [3.63, 3.8) is 0 Å². The zero-order valence-electron chi connectivity index (χ0n) is 16.3. The zero-order valence-corrected chi connectivity index (χ0v) is 16.3. The largest absolute Gasteiger partial charge is 0.351 e. The van der Waals surface area contributed by atoms with Gasteiger partial charge in [0.1, 0.15) is 11.3 Å². The number of piperazine rings is 1. The summed E-state index contributed by atoms with van der Waals surface area (Å²) in [5, 5.41) is 2.21. The van der Waals surface area contributed by atoms with Crippen LogP contribution in [0.5, 0.6) is 0 Å². The second-order valence-corrected chi connectivity index (χ2v) is 7.79. The van der Waals surface area contributed by atoms with Gasteiger partial charge < -0.3 is 20.1 Å². The van der Waals surface area contributed by atoms with Crippen LogP contribution >= 0.6 is 0 Å². The third kappa shape index (κ3) is 4.05. The van der Waals surface area contributed by atoms with Crippen molar-refractivity contribution in [3.05, 3.63) is 18.0 Å². The van der Waals surface area contributed by atoms with Crippen molar-refractivity contribution in [2.24, 2.45) is 0 Å². The summed E-state index contributed by atoms with van der Waals surface area (Å²) in [6.07, 6.45) is 3.01. The predicted octanol–water partition coefficient (Wildman–Crippen LogP) is 1.79. The molecule has 0 radical (unpaired) electrons. The summed E-state index contributed by atoms with van der Waals surface area (Å²) in [6.45, 7) is 7.18. The van der Waals surface area contributed by atoms with Gasteiger partial charge in [0, 0.05) is 39.7 Å². The number of rotatable bonds is 4. The Morgan fingerprint density at radius 1 is 1.36 bits per heavy atom. The normalized spacial score (nSPS) is 17.1. The molecule has 2 amide bonds. The van der Waals surface area contributed by atoms with Crippen LogP contribution in [0.2, 0.25) is 0 Å². The van der Waals surface area contributed by atoms with Gasteiger partial charge in [-0.15, -0.1) is 0 Å². The first-order valence-corrected chi connectivity index (χ1v) is 9.01. The lowest BCUT2D eigenvalue weighted by molar-refractivity contribution is -0.134. The molecule has 2 aromatic heterocycles.